The predicted molar refractivity (Wildman–Crippen MR) is 88.9 cm³/mol. The van der Waals surface area contributed by atoms with Gasteiger partial charge in [0.25, 0.3) is 0 Å². The zero-order valence-corrected chi connectivity index (χ0v) is 14.5. The molecule has 3 nitrogen and oxygen atoms in total. The topological polar surface area (TPSA) is 32.7 Å². The lowest BCUT2D eigenvalue weighted by molar-refractivity contribution is -0.128. The Hall–Kier alpha value is 0.230. The maximum Gasteiger partial charge on any atom is 0.0783 e. The van der Waals surface area contributed by atoms with Gasteiger partial charge in [-0.2, -0.15) is 11.8 Å². The zero-order valence-electron chi connectivity index (χ0n) is 13.6. The molecule has 3 aliphatic heterocycles. The minimum absolute atomic E-state index is 0.0502. The van der Waals surface area contributed by atoms with Crippen molar-refractivity contribution < 1.29 is 9.84 Å². The van der Waals surface area contributed by atoms with Crippen molar-refractivity contribution in [2.75, 3.05) is 31.2 Å². The largest absolute Gasteiger partial charge is 0.391 e. The van der Waals surface area contributed by atoms with Crippen LogP contribution >= 0.6 is 11.8 Å². The van der Waals surface area contributed by atoms with Crippen molar-refractivity contribution >= 4 is 11.8 Å². The van der Waals surface area contributed by atoms with E-state index >= 15 is 0 Å². The van der Waals surface area contributed by atoms with E-state index < -0.39 is 0 Å². The summed E-state index contributed by atoms with van der Waals surface area (Å²) in [6, 6.07) is 0. The Morgan fingerprint density at radius 2 is 2.19 bits per heavy atom. The SMILES string of the molecule is CCC(C)(C(O)C1CCOC2(CCSC2)C1)N1CCCC1. The minimum atomic E-state index is -0.216. The molecule has 3 fully saturated rings. The van der Waals surface area contributed by atoms with Crippen LogP contribution in [0.25, 0.3) is 0 Å². The summed E-state index contributed by atoms with van der Waals surface area (Å²) in [5.41, 5.74) is 0.0274. The summed E-state index contributed by atoms with van der Waals surface area (Å²) in [6.45, 7) is 7.68. The summed E-state index contributed by atoms with van der Waals surface area (Å²) < 4.78 is 6.13. The Balaban J connectivity index is 1.71. The maximum absolute atomic E-state index is 11.2. The van der Waals surface area contributed by atoms with E-state index in [-0.39, 0.29) is 17.2 Å². The Morgan fingerprint density at radius 3 is 2.81 bits per heavy atom. The quantitative estimate of drug-likeness (QED) is 0.865. The van der Waals surface area contributed by atoms with Crippen LogP contribution in [0.5, 0.6) is 0 Å². The van der Waals surface area contributed by atoms with E-state index in [9.17, 15) is 5.11 Å². The molecule has 3 aliphatic rings. The van der Waals surface area contributed by atoms with Crippen LogP contribution in [0.4, 0.5) is 0 Å². The van der Waals surface area contributed by atoms with Gasteiger partial charge in [0.05, 0.1) is 11.7 Å². The third-order valence-electron chi connectivity index (χ3n) is 6.23. The lowest BCUT2D eigenvalue weighted by Crippen LogP contribution is -2.57. The highest BCUT2D eigenvalue weighted by atomic mass is 32.2. The van der Waals surface area contributed by atoms with Crippen molar-refractivity contribution in [3.05, 3.63) is 0 Å². The van der Waals surface area contributed by atoms with Gasteiger partial charge in [0, 0.05) is 17.9 Å². The third-order valence-corrected chi connectivity index (χ3v) is 7.45. The number of likely N-dealkylation sites (tertiary alicyclic amines) is 1. The van der Waals surface area contributed by atoms with E-state index in [0.717, 1.165) is 44.7 Å². The summed E-state index contributed by atoms with van der Waals surface area (Å²) >= 11 is 2.01. The third kappa shape index (κ3) is 3.01. The average Bonchev–Trinajstić information content (AvgIpc) is 3.18. The first kappa shape index (κ1) is 16.1. The predicted octanol–water partition coefficient (Wildman–Crippen LogP) is 2.91. The standard InChI is InChI=1S/C17H31NO2S/c1-3-16(2,18-8-4-5-9-18)15(19)14-6-10-20-17(12-14)7-11-21-13-17/h14-15,19H,3-13H2,1-2H3. The van der Waals surface area contributed by atoms with E-state index in [4.69, 9.17) is 4.74 Å². The first-order valence-corrected chi connectivity index (χ1v) is 9.90. The molecule has 0 aromatic heterocycles. The van der Waals surface area contributed by atoms with E-state index in [0.29, 0.717) is 5.92 Å². The number of aliphatic hydroxyl groups is 1. The molecular formula is C17H31NO2S. The highest BCUT2D eigenvalue weighted by molar-refractivity contribution is 7.99. The molecule has 4 unspecified atom stereocenters. The number of nitrogens with zero attached hydrogens (tertiary/aromatic N) is 1. The van der Waals surface area contributed by atoms with Crippen LogP contribution in [0.1, 0.15) is 52.4 Å². The van der Waals surface area contributed by atoms with Gasteiger partial charge in [-0.3, -0.25) is 4.90 Å². The van der Waals surface area contributed by atoms with E-state index in [1.165, 1.54) is 25.0 Å². The molecule has 4 heteroatoms. The summed E-state index contributed by atoms with van der Waals surface area (Å²) in [7, 11) is 0. The van der Waals surface area contributed by atoms with Crippen LogP contribution in [0.3, 0.4) is 0 Å². The van der Waals surface area contributed by atoms with Gasteiger partial charge in [-0.15, -0.1) is 0 Å². The molecule has 1 N–H and O–H groups in total. The Labute approximate surface area is 133 Å². The molecule has 0 radical (unpaired) electrons. The normalized spacial score (nSPS) is 38.7. The summed E-state index contributed by atoms with van der Waals surface area (Å²) in [4.78, 5) is 2.54. The van der Waals surface area contributed by atoms with Gasteiger partial charge >= 0.3 is 0 Å². The van der Waals surface area contributed by atoms with Gasteiger partial charge in [-0.1, -0.05) is 6.92 Å². The van der Waals surface area contributed by atoms with Crippen LogP contribution < -0.4 is 0 Å². The molecule has 0 aromatic carbocycles. The number of hydrogen-bond donors (Lipinski definition) is 1. The minimum Gasteiger partial charge on any atom is -0.391 e. The van der Waals surface area contributed by atoms with E-state index in [1.807, 2.05) is 11.8 Å². The van der Waals surface area contributed by atoms with Crippen LogP contribution in [0.2, 0.25) is 0 Å². The fourth-order valence-corrected chi connectivity index (χ4v) is 5.93. The number of aliphatic hydroxyl groups excluding tert-OH is 1. The van der Waals surface area contributed by atoms with Crippen molar-refractivity contribution in [2.45, 2.75) is 69.6 Å². The molecule has 4 atom stereocenters. The highest BCUT2D eigenvalue weighted by Crippen LogP contribution is 2.44. The monoisotopic (exact) mass is 313 g/mol. The molecule has 0 bridgehead atoms. The maximum atomic E-state index is 11.2. The van der Waals surface area contributed by atoms with Crippen LogP contribution in [-0.2, 0) is 4.74 Å². The number of rotatable bonds is 4. The Kier molecular flexibility index (Phi) is 4.90. The smallest absolute Gasteiger partial charge is 0.0783 e. The molecule has 0 saturated carbocycles. The Morgan fingerprint density at radius 1 is 1.43 bits per heavy atom. The van der Waals surface area contributed by atoms with Crippen molar-refractivity contribution in [1.29, 1.82) is 0 Å². The lowest BCUT2D eigenvalue weighted by Gasteiger charge is -2.48. The molecule has 3 heterocycles. The summed E-state index contributed by atoms with van der Waals surface area (Å²) in [6.07, 6.45) is 6.65. The molecule has 3 rings (SSSR count). The average molecular weight is 314 g/mol. The second-order valence-corrected chi connectivity index (χ2v) is 8.54. The lowest BCUT2D eigenvalue weighted by atomic mass is 9.74. The van der Waals surface area contributed by atoms with E-state index in [1.54, 1.807) is 0 Å². The highest BCUT2D eigenvalue weighted by Gasteiger charge is 2.48. The van der Waals surface area contributed by atoms with Gasteiger partial charge < -0.3 is 9.84 Å². The number of hydrogen-bond acceptors (Lipinski definition) is 4. The molecule has 0 aromatic rings. The molecule has 0 aliphatic carbocycles. The fraction of sp³-hybridized carbons (Fsp3) is 1.00. The molecule has 1 spiro atoms. The van der Waals surface area contributed by atoms with Crippen molar-refractivity contribution in [3.8, 4) is 0 Å². The molecule has 3 saturated heterocycles. The Bertz CT molecular complexity index is 353. The summed E-state index contributed by atoms with van der Waals surface area (Å²) in [5, 5.41) is 11.2. The summed E-state index contributed by atoms with van der Waals surface area (Å²) in [5.74, 6) is 2.76. The second-order valence-electron chi connectivity index (χ2n) is 7.44. The first-order valence-electron chi connectivity index (χ1n) is 8.74. The second kappa shape index (κ2) is 6.38. The van der Waals surface area contributed by atoms with Crippen LogP contribution in [-0.4, -0.2) is 58.5 Å². The molecule has 122 valence electrons. The van der Waals surface area contributed by atoms with Gasteiger partial charge in [-0.25, -0.2) is 0 Å². The number of thioether (sulfide) groups is 1. The van der Waals surface area contributed by atoms with Crippen LogP contribution in [0, 0.1) is 5.92 Å². The van der Waals surface area contributed by atoms with Gasteiger partial charge in [0.15, 0.2) is 0 Å². The van der Waals surface area contributed by atoms with Crippen molar-refractivity contribution in [1.82, 2.24) is 4.90 Å². The van der Waals surface area contributed by atoms with Gasteiger partial charge in [-0.05, 0) is 70.2 Å². The van der Waals surface area contributed by atoms with Gasteiger partial charge in [0.1, 0.15) is 0 Å². The zero-order chi connectivity index (χ0) is 14.9. The van der Waals surface area contributed by atoms with Gasteiger partial charge in [0.2, 0.25) is 0 Å². The fourth-order valence-electron chi connectivity index (χ4n) is 4.55. The molecular weight excluding hydrogens is 282 g/mol. The number of ether oxygens (including phenoxy) is 1. The van der Waals surface area contributed by atoms with E-state index in [2.05, 4.69) is 18.7 Å². The van der Waals surface area contributed by atoms with Crippen molar-refractivity contribution in [2.24, 2.45) is 5.92 Å². The molecule has 21 heavy (non-hydrogen) atoms. The van der Waals surface area contributed by atoms with Crippen LogP contribution in [0.15, 0.2) is 0 Å². The molecule has 0 amide bonds. The first-order chi connectivity index (χ1) is 10.1. The van der Waals surface area contributed by atoms with Crippen molar-refractivity contribution in [3.63, 3.8) is 0 Å².